The van der Waals surface area contributed by atoms with Crippen LogP contribution in [0.3, 0.4) is 0 Å². The fourth-order valence-electron chi connectivity index (χ4n) is 3.11. The number of aromatic nitrogens is 4. The molecule has 7 nitrogen and oxygen atoms in total. The monoisotopic (exact) mass is 375 g/mol. The SMILES string of the molecule is CCCCCCCCOC(=O)C1=C(C)Nc2nnnn2[C@@H]1c1cccs1. The molecule has 0 bridgehead atoms. The topological polar surface area (TPSA) is 81.9 Å². The van der Waals surface area contributed by atoms with Crippen LogP contribution in [0, 0.1) is 0 Å². The molecule has 0 amide bonds. The highest BCUT2D eigenvalue weighted by atomic mass is 32.1. The molecule has 0 unspecified atom stereocenters. The van der Waals surface area contributed by atoms with E-state index in [1.165, 1.54) is 25.7 Å². The van der Waals surface area contributed by atoms with Gasteiger partial charge in [-0.25, -0.2) is 4.79 Å². The second-order valence-corrected chi connectivity index (χ2v) is 7.41. The molecule has 2 aromatic heterocycles. The molecule has 0 aliphatic carbocycles. The first-order valence-electron chi connectivity index (χ1n) is 9.18. The molecular weight excluding hydrogens is 350 g/mol. The van der Waals surface area contributed by atoms with Gasteiger partial charge in [-0.1, -0.05) is 50.2 Å². The number of allylic oxidation sites excluding steroid dienone is 1. The number of carbonyl (C=O) groups excluding carboxylic acids is 1. The van der Waals surface area contributed by atoms with E-state index in [9.17, 15) is 4.79 Å². The lowest BCUT2D eigenvalue weighted by molar-refractivity contribution is -0.139. The first kappa shape index (κ1) is 18.6. The molecule has 1 aliphatic rings. The van der Waals surface area contributed by atoms with E-state index in [1.54, 1.807) is 16.0 Å². The lowest BCUT2D eigenvalue weighted by Crippen LogP contribution is -2.29. The number of esters is 1. The van der Waals surface area contributed by atoms with Gasteiger partial charge in [-0.2, -0.15) is 4.68 Å². The molecule has 0 saturated carbocycles. The standard InChI is InChI=1S/C18H25N5O2S/c1-3-4-5-6-7-8-11-25-17(24)15-13(2)19-18-20-21-22-23(18)16(15)14-10-9-12-26-14/h9-10,12,16H,3-8,11H2,1-2H3,(H,19,20,22)/t16-/m1/s1. The maximum Gasteiger partial charge on any atom is 0.338 e. The summed E-state index contributed by atoms with van der Waals surface area (Å²) < 4.78 is 7.20. The molecule has 26 heavy (non-hydrogen) atoms. The van der Waals surface area contributed by atoms with Crippen molar-refractivity contribution >= 4 is 23.3 Å². The Bertz CT molecular complexity index is 753. The molecule has 8 heteroatoms. The third-order valence-electron chi connectivity index (χ3n) is 4.48. The Morgan fingerprint density at radius 2 is 2.12 bits per heavy atom. The molecule has 0 radical (unpaired) electrons. The predicted octanol–water partition coefficient (Wildman–Crippen LogP) is 3.93. The number of anilines is 1. The van der Waals surface area contributed by atoms with Crippen molar-refractivity contribution in [3.63, 3.8) is 0 Å². The van der Waals surface area contributed by atoms with E-state index in [1.807, 2.05) is 24.4 Å². The van der Waals surface area contributed by atoms with E-state index in [4.69, 9.17) is 4.74 Å². The minimum absolute atomic E-state index is 0.303. The van der Waals surface area contributed by atoms with Crippen LogP contribution in [0.25, 0.3) is 0 Å². The van der Waals surface area contributed by atoms with E-state index in [2.05, 4.69) is 27.8 Å². The number of unbranched alkanes of at least 4 members (excludes halogenated alkanes) is 5. The van der Waals surface area contributed by atoms with Gasteiger partial charge >= 0.3 is 5.97 Å². The summed E-state index contributed by atoms with van der Waals surface area (Å²) >= 11 is 1.57. The number of hydrogen-bond donors (Lipinski definition) is 1. The number of tetrazole rings is 1. The molecule has 140 valence electrons. The van der Waals surface area contributed by atoms with Crippen molar-refractivity contribution in [3.8, 4) is 0 Å². The summed E-state index contributed by atoms with van der Waals surface area (Å²) in [5, 5.41) is 16.8. The highest BCUT2D eigenvalue weighted by Crippen LogP contribution is 2.36. The van der Waals surface area contributed by atoms with Crippen molar-refractivity contribution in [1.29, 1.82) is 0 Å². The maximum absolute atomic E-state index is 12.8. The second-order valence-electron chi connectivity index (χ2n) is 6.43. The summed E-state index contributed by atoms with van der Waals surface area (Å²) in [7, 11) is 0. The average Bonchev–Trinajstić information content (AvgIpc) is 3.31. The Morgan fingerprint density at radius 3 is 2.88 bits per heavy atom. The highest BCUT2D eigenvalue weighted by molar-refractivity contribution is 7.10. The van der Waals surface area contributed by atoms with Crippen LogP contribution in [0.15, 0.2) is 28.8 Å². The number of hydrogen-bond acceptors (Lipinski definition) is 7. The molecule has 0 fully saturated rings. The Labute approximate surface area is 157 Å². The largest absolute Gasteiger partial charge is 0.462 e. The Balaban J connectivity index is 1.66. The van der Waals surface area contributed by atoms with E-state index >= 15 is 0 Å². The third kappa shape index (κ3) is 4.12. The van der Waals surface area contributed by atoms with E-state index < -0.39 is 0 Å². The Hall–Kier alpha value is -2.22. The van der Waals surface area contributed by atoms with Gasteiger partial charge in [0, 0.05) is 10.6 Å². The number of fused-ring (bicyclic) bond motifs is 1. The molecule has 0 aromatic carbocycles. The van der Waals surface area contributed by atoms with Gasteiger partial charge in [-0.15, -0.1) is 11.3 Å². The number of thiophene rings is 1. The zero-order valence-electron chi connectivity index (χ0n) is 15.3. The zero-order chi connectivity index (χ0) is 18.4. The summed E-state index contributed by atoms with van der Waals surface area (Å²) in [6.45, 7) is 4.51. The maximum atomic E-state index is 12.8. The van der Waals surface area contributed by atoms with Crippen LogP contribution in [0.1, 0.15) is 63.3 Å². The Kier molecular flexibility index (Phi) is 6.38. The van der Waals surface area contributed by atoms with Crippen molar-refractivity contribution in [2.75, 3.05) is 11.9 Å². The van der Waals surface area contributed by atoms with Crippen molar-refractivity contribution in [2.45, 2.75) is 58.4 Å². The van der Waals surface area contributed by atoms with Crippen LogP contribution in [0.2, 0.25) is 0 Å². The van der Waals surface area contributed by atoms with Crippen molar-refractivity contribution < 1.29 is 9.53 Å². The van der Waals surface area contributed by atoms with Crippen LogP contribution >= 0.6 is 11.3 Å². The molecule has 1 atom stereocenters. The molecule has 0 spiro atoms. The number of nitrogens with one attached hydrogen (secondary N) is 1. The van der Waals surface area contributed by atoms with E-state index in [0.717, 1.165) is 23.4 Å². The van der Waals surface area contributed by atoms with Crippen LogP contribution < -0.4 is 5.32 Å². The van der Waals surface area contributed by atoms with Gasteiger partial charge in [0.1, 0.15) is 6.04 Å². The van der Waals surface area contributed by atoms with Gasteiger partial charge in [-0.05, 0) is 35.2 Å². The number of carbonyl (C=O) groups is 1. The summed E-state index contributed by atoms with van der Waals surface area (Å²) in [6.07, 6.45) is 6.94. The number of ether oxygens (including phenoxy) is 1. The van der Waals surface area contributed by atoms with Gasteiger partial charge < -0.3 is 10.1 Å². The summed E-state index contributed by atoms with van der Waals surface area (Å²) in [4.78, 5) is 13.8. The summed E-state index contributed by atoms with van der Waals surface area (Å²) in [5.41, 5.74) is 1.30. The average molecular weight is 375 g/mol. The van der Waals surface area contributed by atoms with E-state index in [-0.39, 0.29) is 12.0 Å². The van der Waals surface area contributed by atoms with Gasteiger partial charge in [-0.3, -0.25) is 0 Å². The lowest BCUT2D eigenvalue weighted by atomic mass is 10.0. The molecule has 3 rings (SSSR count). The molecule has 3 heterocycles. The minimum atomic E-state index is -0.349. The summed E-state index contributed by atoms with van der Waals surface area (Å²) in [6, 6.07) is 3.60. The van der Waals surface area contributed by atoms with Gasteiger partial charge in [0.15, 0.2) is 0 Å². The van der Waals surface area contributed by atoms with Gasteiger partial charge in [0.25, 0.3) is 0 Å². The predicted molar refractivity (Wildman–Crippen MR) is 101 cm³/mol. The fourth-order valence-corrected chi connectivity index (χ4v) is 3.93. The van der Waals surface area contributed by atoms with Crippen LogP contribution in [0.5, 0.6) is 0 Å². The van der Waals surface area contributed by atoms with Gasteiger partial charge in [0.05, 0.1) is 12.2 Å². The number of rotatable bonds is 9. The molecular formula is C18H25N5O2S. The number of nitrogens with zero attached hydrogens (tertiary/aromatic N) is 4. The molecule has 1 aliphatic heterocycles. The smallest absolute Gasteiger partial charge is 0.338 e. The first-order chi connectivity index (χ1) is 12.7. The third-order valence-corrected chi connectivity index (χ3v) is 5.40. The van der Waals surface area contributed by atoms with Crippen molar-refractivity contribution in [3.05, 3.63) is 33.7 Å². The van der Waals surface area contributed by atoms with E-state index in [0.29, 0.717) is 18.1 Å². The molecule has 0 saturated heterocycles. The Morgan fingerprint density at radius 1 is 1.31 bits per heavy atom. The van der Waals surface area contributed by atoms with Crippen LogP contribution in [-0.4, -0.2) is 32.8 Å². The van der Waals surface area contributed by atoms with Crippen molar-refractivity contribution in [1.82, 2.24) is 20.2 Å². The first-order valence-corrected chi connectivity index (χ1v) is 10.1. The normalized spacial score (nSPS) is 16.3. The van der Waals surface area contributed by atoms with Crippen LogP contribution in [-0.2, 0) is 9.53 Å². The zero-order valence-corrected chi connectivity index (χ0v) is 16.1. The van der Waals surface area contributed by atoms with Crippen molar-refractivity contribution in [2.24, 2.45) is 0 Å². The quantitative estimate of drug-likeness (QED) is 0.528. The fraction of sp³-hybridized carbons (Fsp3) is 0.556. The van der Waals surface area contributed by atoms with Crippen LogP contribution in [0.4, 0.5) is 5.95 Å². The molecule has 1 N–H and O–H groups in total. The lowest BCUT2D eigenvalue weighted by Gasteiger charge is -2.26. The second kappa shape index (κ2) is 8.93. The molecule has 2 aromatic rings. The van der Waals surface area contributed by atoms with Gasteiger partial charge in [0.2, 0.25) is 5.95 Å². The minimum Gasteiger partial charge on any atom is -0.462 e. The highest BCUT2D eigenvalue weighted by Gasteiger charge is 2.35. The summed E-state index contributed by atoms with van der Waals surface area (Å²) in [5.74, 6) is 0.233.